The minimum absolute atomic E-state index is 0.889. The SMILES string of the molecule is C=CCn1ccn(C)[c]1=[Pt].IN(I)Cc1ccccc1. The second-order valence-corrected chi connectivity index (χ2v) is 9.23. The third kappa shape index (κ3) is 6.82. The number of rotatable bonds is 4. The molecule has 0 aliphatic heterocycles. The molecule has 0 saturated carbocycles. The standard InChI is InChI=1S/C7H7I2N.C7H10N2.Pt/c8-10(9)6-7-4-2-1-3-5-7;1-3-4-9-6-5-8(2)7-9;/h1-5H,6H2;3,5-6H,1,4H2,2H3;. The number of aromatic nitrogens is 2. The fourth-order valence-electron chi connectivity index (χ4n) is 1.49. The van der Waals surface area contributed by atoms with E-state index in [1.165, 1.54) is 9.37 Å². The Morgan fingerprint density at radius 1 is 1.25 bits per heavy atom. The van der Waals surface area contributed by atoms with Gasteiger partial charge in [0.25, 0.3) is 0 Å². The molecular formula is C14H17I2N3Pt. The molecule has 1 heterocycles. The number of benzene rings is 1. The van der Waals surface area contributed by atoms with Crippen LogP contribution < -0.4 is 0 Å². The van der Waals surface area contributed by atoms with Gasteiger partial charge in [0.2, 0.25) is 0 Å². The Balaban J connectivity index is 0.000000200. The molecule has 0 amide bonds. The van der Waals surface area contributed by atoms with Crippen LogP contribution in [0.3, 0.4) is 0 Å². The van der Waals surface area contributed by atoms with Crippen molar-refractivity contribution in [1.82, 2.24) is 10.5 Å². The molecule has 3 nitrogen and oxygen atoms in total. The average Bonchev–Trinajstić information content (AvgIpc) is 2.72. The normalized spacial score (nSPS) is 10.1. The smallest absolute Gasteiger partial charge is 0.0435 e. The predicted octanol–water partition coefficient (Wildman–Crippen LogP) is 4.28. The summed E-state index contributed by atoms with van der Waals surface area (Å²) >= 11 is 6.82. The van der Waals surface area contributed by atoms with Gasteiger partial charge in [-0.1, -0.05) is 30.3 Å². The van der Waals surface area contributed by atoms with E-state index in [9.17, 15) is 0 Å². The van der Waals surface area contributed by atoms with E-state index in [4.69, 9.17) is 0 Å². The molecule has 0 unspecified atom stereocenters. The summed E-state index contributed by atoms with van der Waals surface area (Å²) in [5.41, 5.74) is 1.35. The van der Waals surface area contributed by atoms with E-state index in [0.29, 0.717) is 0 Å². The zero-order chi connectivity index (χ0) is 15.0. The van der Waals surface area contributed by atoms with E-state index < -0.39 is 0 Å². The second kappa shape index (κ2) is 10.1. The van der Waals surface area contributed by atoms with Crippen LogP contribution >= 0.6 is 45.7 Å². The van der Waals surface area contributed by atoms with Crippen LogP contribution in [-0.4, -0.2) is 10.5 Å². The van der Waals surface area contributed by atoms with E-state index in [-0.39, 0.29) is 0 Å². The maximum atomic E-state index is 3.67. The van der Waals surface area contributed by atoms with Gasteiger partial charge in [-0.15, -0.1) is 0 Å². The van der Waals surface area contributed by atoms with Gasteiger partial charge in [0, 0.05) is 52.3 Å². The van der Waals surface area contributed by atoms with Gasteiger partial charge in [0.15, 0.2) is 0 Å². The summed E-state index contributed by atoms with van der Waals surface area (Å²) in [7, 11) is 2.03. The van der Waals surface area contributed by atoms with Crippen molar-refractivity contribution in [2.24, 2.45) is 7.05 Å². The summed E-state index contributed by atoms with van der Waals surface area (Å²) in [5.74, 6) is 0. The van der Waals surface area contributed by atoms with Crippen LogP contribution in [0.4, 0.5) is 0 Å². The molecule has 0 fully saturated rings. The quantitative estimate of drug-likeness (QED) is 0.268. The number of hydrogen-bond acceptors (Lipinski definition) is 1. The predicted molar refractivity (Wildman–Crippen MR) is 96.9 cm³/mol. The van der Waals surface area contributed by atoms with E-state index in [0.717, 1.165) is 13.1 Å². The van der Waals surface area contributed by atoms with Crippen molar-refractivity contribution in [2.75, 3.05) is 0 Å². The number of imidazole rings is 1. The van der Waals surface area contributed by atoms with Crippen LogP contribution in [0.25, 0.3) is 0 Å². The van der Waals surface area contributed by atoms with Crippen molar-refractivity contribution >= 4 is 45.7 Å². The van der Waals surface area contributed by atoms with Gasteiger partial charge in [-0.05, 0) is 5.56 Å². The molecule has 0 N–H and O–H groups in total. The Bertz CT molecular complexity index is 576. The fraction of sp³-hybridized carbons (Fsp3) is 0.214. The molecule has 0 aliphatic carbocycles. The summed E-state index contributed by atoms with van der Waals surface area (Å²) in [6.07, 6.45) is 5.97. The molecule has 20 heavy (non-hydrogen) atoms. The van der Waals surface area contributed by atoms with Crippen molar-refractivity contribution < 1.29 is 19.4 Å². The van der Waals surface area contributed by atoms with Crippen molar-refractivity contribution in [2.45, 2.75) is 13.1 Å². The van der Waals surface area contributed by atoms with Crippen LogP contribution in [0.5, 0.6) is 0 Å². The molecule has 6 heteroatoms. The topological polar surface area (TPSA) is 13.1 Å². The van der Waals surface area contributed by atoms with E-state index in [1.54, 1.807) is 0 Å². The van der Waals surface area contributed by atoms with Crippen LogP contribution in [0.1, 0.15) is 5.56 Å². The Morgan fingerprint density at radius 3 is 2.35 bits per heavy atom. The van der Waals surface area contributed by atoms with Crippen molar-refractivity contribution in [3.05, 3.63) is 64.7 Å². The largest absolute Gasteiger partial charge is 0.184 e. The number of aryl methyl sites for hydroxylation is 1. The summed E-state index contributed by atoms with van der Waals surface area (Å²) in [6.45, 7) is 5.56. The van der Waals surface area contributed by atoms with Gasteiger partial charge in [-0.2, -0.15) is 1.33 Å². The van der Waals surface area contributed by atoms with Gasteiger partial charge in [-0.25, -0.2) is 0 Å². The third-order valence-corrected chi connectivity index (χ3v) is 4.57. The summed E-state index contributed by atoms with van der Waals surface area (Å²) in [4.78, 5) is 0. The molecule has 2 aromatic rings. The molecular weight excluding hydrogens is 659 g/mol. The van der Waals surface area contributed by atoms with Crippen LogP contribution in [-0.2, 0) is 39.5 Å². The molecule has 0 aliphatic rings. The monoisotopic (exact) mass is 676 g/mol. The third-order valence-electron chi connectivity index (χ3n) is 2.43. The van der Waals surface area contributed by atoms with Gasteiger partial charge in [0.1, 0.15) is 0 Å². The number of allylic oxidation sites excluding steroid dienone is 1. The first-order chi connectivity index (χ1) is 9.54. The number of nitrogens with zero attached hydrogens (tertiary/aromatic N) is 3. The molecule has 0 bridgehead atoms. The second-order valence-electron chi connectivity index (χ2n) is 4.04. The van der Waals surface area contributed by atoms with Crippen LogP contribution in [0.15, 0.2) is 55.4 Å². The van der Waals surface area contributed by atoms with Crippen LogP contribution in [0, 0.1) is 3.80 Å². The zero-order valence-corrected chi connectivity index (χ0v) is 17.7. The maximum absolute atomic E-state index is 3.67. The minimum Gasteiger partial charge on any atom is -0.184 e. The maximum Gasteiger partial charge on any atom is 0.0435 e. The van der Waals surface area contributed by atoms with Crippen molar-refractivity contribution in [3.8, 4) is 0 Å². The van der Waals surface area contributed by atoms with E-state index >= 15 is 0 Å². The van der Waals surface area contributed by atoms with Gasteiger partial charge < -0.3 is 0 Å². The molecule has 0 saturated heterocycles. The Hall–Kier alpha value is 0.278. The molecule has 2 rings (SSSR count). The fourth-order valence-corrected chi connectivity index (χ4v) is 2.82. The molecule has 0 radical (unpaired) electrons. The molecule has 112 valence electrons. The van der Waals surface area contributed by atoms with Crippen molar-refractivity contribution in [1.29, 1.82) is 0 Å². The minimum atomic E-state index is 0.889. The molecule has 1 aromatic carbocycles. The first-order valence-electron chi connectivity index (χ1n) is 5.95. The molecule has 1 aromatic heterocycles. The number of hydrogen-bond donors (Lipinski definition) is 0. The van der Waals surface area contributed by atoms with Gasteiger partial charge in [-0.3, -0.25) is 0 Å². The molecule has 0 atom stereocenters. The summed E-state index contributed by atoms with van der Waals surface area (Å²) in [6, 6.07) is 10.4. The Kier molecular flexibility index (Phi) is 9.24. The summed E-state index contributed by atoms with van der Waals surface area (Å²) in [5, 5.41) is 0. The average molecular weight is 676 g/mol. The Morgan fingerprint density at radius 2 is 1.90 bits per heavy atom. The first-order valence-corrected chi connectivity index (χ1v) is 9.02. The van der Waals surface area contributed by atoms with Gasteiger partial charge in [0.05, 0.1) is 0 Å². The van der Waals surface area contributed by atoms with Gasteiger partial charge >= 0.3 is 70.9 Å². The molecule has 0 spiro atoms. The van der Waals surface area contributed by atoms with Crippen LogP contribution in [0.2, 0.25) is 0 Å². The van der Waals surface area contributed by atoms with Crippen molar-refractivity contribution in [3.63, 3.8) is 0 Å². The summed E-state index contributed by atoms with van der Waals surface area (Å²) < 4.78 is 7.53. The Labute approximate surface area is 159 Å². The number of halogens is 2. The van der Waals surface area contributed by atoms with E-state index in [1.807, 2.05) is 31.6 Å². The zero-order valence-electron chi connectivity index (χ0n) is 11.2. The van der Waals surface area contributed by atoms with E-state index in [2.05, 4.69) is 106 Å². The first kappa shape index (κ1) is 18.3.